The van der Waals surface area contributed by atoms with Crippen molar-refractivity contribution in [2.45, 2.75) is 39.8 Å². The van der Waals surface area contributed by atoms with E-state index in [2.05, 4.69) is 10.6 Å². The number of rotatable bonds is 5. The molecule has 0 aliphatic rings. The maximum absolute atomic E-state index is 11.7. The fourth-order valence-electron chi connectivity index (χ4n) is 1.76. The van der Waals surface area contributed by atoms with Gasteiger partial charge in [-0.1, -0.05) is 24.8 Å². The van der Waals surface area contributed by atoms with Crippen molar-refractivity contribution >= 4 is 28.7 Å². The van der Waals surface area contributed by atoms with Gasteiger partial charge < -0.3 is 20.1 Å². The number of amidine groups is 1. The van der Waals surface area contributed by atoms with E-state index >= 15 is 0 Å². The molecule has 1 amide bonds. The molecule has 0 unspecified atom stereocenters. The summed E-state index contributed by atoms with van der Waals surface area (Å²) in [4.78, 5) is 11.7. The summed E-state index contributed by atoms with van der Waals surface area (Å²) in [6.07, 6.45) is -0.470. The van der Waals surface area contributed by atoms with Crippen molar-refractivity contribution in [3.63, 3.8) is 0 Å². The summed E-state index contributed by atoms with van der Waals surface area (Å²) in [6, 6.07) is 5.50. The topological polar surface area (TPSA) is 83.4 Å². The van der Waals surface area contributed by atoms with Crippen LogP contribution in [-0.4, -0.2) is 29.7 Å². The van der Waals surface area contributed by atoms with Crippen LogP contribution in [0, 0.1) is 5.41 Å². The number of methoxy groups -OCH3 is 1. The van der Waals surface area contributed by atoms with Gasteiger partial charge >= 0.3 is 6.09 Å². The molecule has 0 bridgehead atoms. The quantitative estimate of drug-likeness (QED) is 0.561. The van der Waals surface area contributed by atoms with Crippen LogP contribution in [0.4, 0.5) is 10.5 Å². The van der Waals surface area contributed by atoms with Gasteiger partial charge in [-0.25, -0.2) is 4.79 Å². The predicted molar refractivity (Wildman–Crippen MR) is 95.5 cm³/mol. The maximum Gasteiger partial charge on any atom is 0.407 e. The lowest BCUT2D eigenvalue weighted by Gasteiger charge is -2.20. The fraction of sp³-hybridized carbons (Fsp3) is 0.500. The Bertz CT molecular complexity index is 556. The third-order valence-corrected chi connectivity index (χ3v) is 3.34. The normalized spacial score (nSPS) is 10.8. The molecule has 0 fully saturated rings. The standard InChI is InChI=1S/C16H25N3O3S/c1-6-23-14(17)19-12-8-7-11(13(9-12)21-5)10-18-15(20)22-16(2,3)4/h7-9H,6,10H2,1-5H3,(H2,17,19)(H,18,20). The van der Waals surface area contributed by atoms with Gasteiger partial charge in [-0.3, -0.25) is 5.41 Å². The van der Waals surface area contributed by atoms with Crippen molar-refractivity contribution in [1.29, 1.82) is 5.41 Å². The van der Waals surface area contributed by atoms with Crippen molar-refractivity contribution in [3.8, 4) is 5.75 Å². The summed E-state index contributed by atoms with van der Waals surface area (Å²) in [5, 5.41) is 13.8. The van der Waals surface area contributed by atoms with Crippen LogP contribution in [0.3, 0.4) is 0 Å². The van der Waals surface area contributed by atoms with Crippen molar-refractivity contribution in [2.24, 2.45) is 0 Å². The van der Waals surface area contributed by atoms with E-state index in [4.69, 9.17) is 14.9 Å². The SMILES string of the molecule is CCSC(=N)Nc1ccc(CNC(=O)OC(C)(C)C)c(OC)c1. The molecule has 0 heterocycles. The number of carbonyl (C=O) groups excluding carboxylic acids is 1. The van der Waals surface area contributed by atoms with E-state index in [1.807, 2.05) is 39.8 Å². The second kappa shape index (κ2) is 8.67. The zero-order valence-electron chi connectivity index (χ0n) is 14.3. The summed E-state index contributed by atoms with van der Waals surface area (Å²) in [5.41, 5.74) is 1.08. The minimum absolute atomic E-state index is 0.305. The number of anilines is 1. The second-order valence-corrected chi connectivity index (χ2v) is 7.04. The van der Waals surface area contributed by atoms with Crippen molar-refractivity contribution in [2.75, 3.05) is 18.2 Å². The monoisotopic (exact) mass is 339 g/mol. The molecule has 0 aliphatic heterocycles. The molecule has 6 nitrogen and oxygen atoms in total. The van der Waals surface area contributed by atoms with Crippen LogP contribution in [0.5, 0.6) is 5.75 Å². The van der Waals surface area contributed by atoms with Gasteiger partial charge in [-0.2, -0.15) is 0 Å². The lowest BCUT2D eigenvalue weighted by Crippen LogP contribution is -2.32. The molecule has 1 aromatic rings. The summed E-state index contributed by atoms with van der Waals surface area (Å²) >= 11 is 1.42. The second-order valence-electron chi connectivity index (χ2n) is 5.77. The molecule has 1 rings (SSSR count). The number of thioether (sulfide) groups is 1. The summed E-state index contributed by atoms with van der Waals surface area (Å²) in [5.74, 6) is 1.47. The number of ether oxygens (including phenoxy) is 2. The Hall–Kier alpha value is -1.89. The Morgan fingerprint density at radius 1 is 1.35 bits per heavy atom. The van der Waals surface area contributed by atoms with Gasteiger partial charge in [0, 0.05) is 23.9 Å². The first-order valence-corrected chi connectivity index (χ1v) is 8.36. The molecule has 7 heteroatoms. The third kappa shape index (κ3) is 7.27. The molecule has 0 spiro atoms. The van der Waals surface area contributed by atoms with Crippen molar-refractivity contribution < 1.29 is 14.3 Å². The fourth-order valence-corrected chi connectivity index (χ4v) is 2.24. The molecule has 0 saturated heterocycles. The lowest BCUT2D eigenvalue weighted by molar-refractivity contribution is 0.0523. The third-order valence-electron chi connectivity index (χ3n) is 2.66. The van der Waals surface area contributed by atoms with Gasteiger partial charge in [0.2, 0.25) is 0 Å². The largest absolute Gasteiger partial charge is 0.496 e. The predicted octanol–water partition coefficient (Wildman–Crippen LogP) is 3.82. The molecule has 128 valence electrons. The van der Waals surface area contributed by atoms with Crippen molar-refractivity contribution in [1.82, 2.24) is 5.32 Å². The number of nitrogens with one attached hydrogen (secondary N) is 3. The van der Waals surface area contributed by atoms with Gasteiger partial charge in [0.05, 0.1) is 7.11 Å². The van der Waals surface area contributed by atoms with Gasteiger partial charge in [-0.05, 0) is 32.6 Å². The van der Waals surface area contributed by atoms with Gasteiger partial charge in [-0.15, -0.1) is 0 Å². The van der Waals surface area contributed by atoms with E-state index in [1.54, 1.807) is 13.2 Å². The van der Waals surface area contributed by atoms with E-state index < -0.39 is 11.7 Å². The molecular formula is C16H25N3O3S. The zero-order valence-corrected chi connectivity index (χ0v) is 15.1. The number of alkyl carbamates (subject to hydrolysis) is 1. The molecular weight excluding hydrogens is 314 g/mol. The number of hydrogen-bond acceptors (Lipinski definition) is 5. The van der Waals surface area contributed by atoms with Gasteiger partial charge in [0.25, 0.3) is 0 Å². The lowest BCUT2D eigenvalue weighted by atomic mass is 10.1. The minimum Gasteiger partial charge on any atom is -0.496 e. The molecule has 0 aliphatic carbocycles. The van der Waals surface area contributed by atoms with E-state index in [-0.39, 0.29) is 0 Å². The Morgan fingerprint density at radius 2 is 2.04 bits per heavy atom. The summed E-state index contributed by atoms with van der Waals surface area (Å²) in [7, 11) is 1.57. The van der Waals surface area contributed by atoms with Crippen molar-refractivity contribution in [3.05, 3.63) is 23.8 Å². The molecule has 0 saturated carbocycles. The number of amides is 1. The minimum atomic E-state index is -0.529. The molecule has 0 radical (unpaired) electrons. The first kappa shape index (κ1) is 19.2. The highest BCUT2D eigenvalue weighted by Crippen LogP contribution is 2.24. The van der Waals surface area contributed by atoms with Crippen LogP contribution in [-0.2, 0) is 11.3 Å². The van der Waals surface area contributed by atoms with Crippen LogP contribution in [0.1, 0.15) is 33.3 Å². The first-order valence-electron chi connectivity index (χ1n) is 7.37. The molecule has 0 atom stereocenters. The van der Waals surface area contributed by atoms with Crippen LogP contribution in [0.25, 0.3) is 0 Å². The number of benzene rings is 1. The van der Waals surface area contributed by atoms with Crippen LogP contribution >= 0.6 is 11.8 Å². The Labute approximate surface area is 141 Å². The summed E-state index contributed by atoms with van der Waals surface area (Å²) in [6.45, 7) is 7.75. The van der Waals surface area contributed by atoms with E-state index in [0.717, 1.165) is 17.0 Å². The highest BCUT2D eigenvalue weighted by molar-refractivity contribution is 8.14. The summed E-state index contributed by atoms with van der Waals surface area (Å²) < 4.78 is 10.6. The highest BCUT2D eigenvalue weighted by Gasteiger charge is 2.16. The average Bonchev–Trinajstić information content (AvgIpc) is 2.44. The number of hydrogen-bond donors (Lipinski definition) is 3. The Morgan fingerprint density at radius 3 is 2.61 bits per heavy atom. The molecule has 0 aromatic heterocycles. The zero-order chi connectivity index (χ0) is 17.5. The van der Waals surface area contributed by atoms with Gasteiger partial charge in [0.1, 0.15) is 11.4 Å². The smallest absolute Gasteiger partial charge is 0.407 e. The van der Waals surface area contributed by atoms with E-state index in [9.17, 15) is 4.79 Å². The Balaban J connectivity index is 2.69. The van der Waals surface area contributed by atoms with Gasteiger partial charge in [0.15, 0.2) is 5.17 Å². The highest BCUT2D eigenvalue weighted by atomic mass is 32.2. The van der Waals surface area contributed by atoms with E-state index in [0.29, 0.717) is 17.5 Å². The maximum atomic E-state index is 11.7. The van der Waals surface area contributed by atoms with Crippen LogP contribution in [0.2, 0.25) is 0 Å². The molecule has 1 aromatic carbocycles. The first-order chi connectivity index (χ1) is 10.7. The van der Waals surface area contributed by atoms with E-state index in [1.165, 1.54) is 11.8 Å². The Kier molecular flexibility index (Phi) is 7.22. The molecule has 23 heavy (non-hydrogen) atoms. The molecule has 3 N–H and O–H groups in total. The van der Waals surface area contributed by atoms with Crippen LogP contribution in [0.15, 0.2) is 18.2 Å². The number of carbonyl (C=O) groups is 1. The average molecular weight is 339 g/mol. The van der Waals surface area contributed by atoms with Crippen LogP contribution < -0.4 is 15.4 Å².